The van der Waals surface area contributed by atoms with Crippen LogP contribution < -0.4 is 15.5 Å². The number of nitrogens with zero attached hydrogens (tertiary/aromatic N) is 5. The number of aromatic amines is 1. The minimum absolute atomic E-state index is 0.0718. The maximum Gasteiger partial charge on any atom is 0.255 e. The number of imide groups is 1. The van der Waals surface area contributed by atoms with E-state index in [1.165, 1.54) is 24.1 Å². The van der Waals surface area contributed by atoms with Crippen molar-refractivity contribution < 1.29 is 19.2 Å². The molecule has 4 aliphatic heterocycles. The van der Waals surface area contributed by atoms with Gasteiger partial charge in [-0.1, -0.05) is 45.7 Å². The summed E-state index contributed by atoms with van der Waals surface area (Å²) >= 11 is 0. The summed E-state index contributed by atoms with van der Waals surface area (Å²) in [5.41, 5.74) is 9.65. The maximum atomic E-state index is 14.1. The van der Waals surface area contributed by atoms with E-state index in [2.05, 4.69) is 69.3 Å². The Kier molecular flexibility index (Phi) is 11.2. The summed E-state index contributed by atoms with van der Waals surface area (Å²) in [4.78, 5) is 64.5. The number of nitriles is 1. The first-order valence-corrected chi connectivity index (χ1v) is 22.6. The Morgan fingerprint density at radius 1 is 0.885 bits per heavy atom. The van der Waals surface area contributed by atoms with Crippen LogP contribution in [-0.2, 0) is 28.0 Å². The lowest BCUT2D eigenvalue weighted by Crippen LogP contribution is -2.53. The van der Waals surface area contributed by atoms with Crippen molar-refractivity contribution in [3.63, 3.8) is 0 Å². The van der Waals surface area contributed by atoms with Crippen molar-refractivity contribution in [2.75, 3.05) is 62.6 Å². The Morgan fingerprint density at radius 3 is 2.43 bits per heavy atom. The molecule has 1 atom stereocenters. The van der Waals surface area contributed by atoms with Gasteiger partial charge in [0.25, 0.3) is 5.91 Å². The van der Waals surface area contributed by atoms with Gasteiger partial charge in [0.15, 0.2) is 5.78 Å². The van der Waals surface area contributed by atoms with E-state index in [0.29, 0.717) is 30.1 Å². The molecular formula is C49H58N8O4. The van der Waals surface area contributed by atoms with Crippen molar-refractivity contribution in [2.45, 2.75) is 103 Å². The molecule has 318 valence electrons. The Balaban J connectivity index is 0.715. The number of benzene rings is 3. The number of carbonyl (C=O) groups excluding carboxylic acids is 4. The summed E-state index contributed by atoms with van der Waals surface area (Å²) in [5, 5.41) is 16.3. The molecule has 61 heavy (non-hydrogen) atoms. The van der Waals surface area contributed by atoms with Gasteiger partial charge in [-0.15, -0.1) is 0 Å². The number of fused-ring (bicyclic) bond motifs is 5. The molecule has 3 N–H and O–H groups in total. The van der Waals surface area contributed by atoms with E-state index >= 15 is 0 Å². The van der Waals surface area contributed by atoms with E-state index in [4.69, 9.17) is 0 Å². The molecular weight excluding hydrogens is 765 g/mol. The van der Waals surface area contributed by atoms with Gasteiger partial charge in [-0.05, 0) is 92.6 Å². The van der Waals surface area contributed by atoms with E-state index in [1.807, 2.05) is 30.3 Å². The second-order valence-corrected chi connectivity index (χ2v) is 18.2. The average Bonchev–Trinajstić information content (AvgIpc) is 3.83. The number of H-pyrrole nitrogens is 1. The SMILES string of the molecule is CCc1cc2c(cc1N1CCC(N3CCN(CCCCCCNc4cccc5c4CN(C4CCC(=O)NC4=O)C5=O)CC3)CC1)C(C)(C)c1[nH]c3cc(C#N)ccc3c1C2=O. The van der Waals surface area contributed by atoms with E-state index in [9.17, 15) is 24.4 Å². The highest BCUT2D eigenvalue weighted by molar-refractivity contribution is 6.20. The molecule has 0 radical (unpaired) electrons. The number of hydrogen-bond donors (Lipinski definition) is 3. The van der Waals surface area contributed by atoms with Gasteiger partial charge in [-0.2, -0.15) is 5.26 Å². The smallest absolute Gasteiger partial charge is 0.255 e. The maximum absolute atomic E-state index is 14.1. The molecule has 5 aliphatic rings. The summed E-state index contributed by atoms with van der Waals surface area (Å²) in [5.74, 6) is -0.722. The number of anilines is 2. The molecule has 0 bridgehead atoms. The van der Waals surface area contributed by atoms with Gasteiger partial charge < -0.3 is 25.0 Å². The number of piperazine rings is 1. The number of ketones is 1. The van der Waals surface area contributed by atoms with Gasteiger partial charge in [0.05, 0.1) is 17.2 Å². The van der Waals surface area contributed by atoms with Crippen LogP contribution in [0.2, 0.25) is 0 Å². The van der Waals surface area contributed by atoms with Crippen LogP contribution in [0.15, 0.2) is 48.5 Å². The van der Waals surface area contributed by atoms with Crippen LogP contribution in [0.3, 0.4) is 0 Å². The number of amides is 3. The third-order valence-corrected chi connectivity index (χ3v) is 14.3. The van der Waals surface area contributed by atoms with Crippen molar-refractivity contribution in [3.05, 3.63) is 93.2 Å². The highest BCUT2D eigenvalue weighted by Crippen LogP contribution is 2.46. The van der Waals surface area contributed by atoms with Gasteiger partial charge >= 0.3 is 0 Å². The number of piperidine rings is 2. The van der Waals surface area contributed by atoms with Gasteiger partial charge in [0.1, 0.15) is 6.04 Å². The fourth-order valence-corrected chi connectivity index (χ4v) is 10.8. The van der Waals surface area contributed by atoms with Gasteiger partial charge in [-0.25, -0.2) is 0 Å². The number of aromatic nitrogens is 1. The number of rotatable bonds is 12. The summed E-state index contributed by atoms with van der Waals surface area (Å²) in [6.07, 6.45) is 8.36. The molecule has 1 unspecified atom stereocenters. The van der Waals surface area contributed by atoms with Crippen LogP contribution >= 0.6 is 0 Å². The summed E-state index contributed by atoms with van der Waals surface area (Å²) in [6, 6.07) is 18.0. The predicted octanol–water partition coefficient (Wildman–Crippen LogP) is 6.49. The topological polar surface area (TPSA) is 145 Å². The van der Waals surface area contributed by atoms with E-state index in [1.54, 1.807) is 11.0 Å². The average molecular weight is 823 g/mol. The number of carbonyl (C=O) groups is 4. The second-order valence-electron chi connectivity index (χ2n) is 18.2. The molecule has 1 aliphatic carbocycles. The Hall–Kier alpha value is -5.51. The zero-order chi connectivity index (χ0) is 42.4. The molecule has 3 saturated heterocycles. The zero-order valence-electron chi connectivity index (χ0n) is 35.9. The minimum atomic E-state index is -0.600. The van der Waals surface area contributed by atoms with Crippen LogP contribution in [0.4, 0.5) is 11.4 Å². The summed E-state index contributed by atoms with van der Waals surface area (Å²) < 4.78 is 0. The standard InChI is InChI=1S/C49H58N8O4/c1-4-32-27-36-38(49(2,3)46-44(45(36)59)35-13-12-31(29-50)26-40(35)52-46)28-42(32)56-20-16-33(17-21-56)55-24-22-54(23-25-55)19-8-6-5-7-18-51-39-11-9-10-34-37(39)30-57(48(34)61)41-14-15-43(58)53-47(41)60/h9-13,26-28,33,41,51-52H,4-8,14-25,30H2,1-3H3,(H,53,58,60). The highest BCUT2D eigenvalue weighted by atomic mass is 16.2. The van der Waals surface area contributed by atoms with E-state index < -0.39 is 6.04 Å². The van der Waals surface area contributed by atoms with Crippen molar-refractivity contribution in [1.29, 1.82) is 5.26 Å². The first-order chi connectivity index (χ1) is 29.5. The molecule has 3 amide bonds. The van der Waals surface area contributed by atoms with Crippen LogP contribution in [0.1, 0.15) is 126 Å². The molecule has 4 aromatic rings. The van der Waals surface area contributed by atoms with Crippen LogP contribution in [-0.4, -0.2) is 108 Å². The third-order valence-electron chi connectivity index (χ3n) is 14.3. The second kappa shape index (κ2) is 16.7. The fraction of sp³-hybridized carbons (Fsp3) is 0.490. The number of unbranched alkanes of at least 4 members (excludes halogenated alkanes) is 3. The van der Waals surface area contributed by atoms with Crippen molar-refractivity contribution in [3.8, 4) is 6.07 Å². The molecule has 3 aromatic carbocycles. The monoisotopic (exact) mass is 822 g/mol. The third kappa shape index (κ3) is 7.61. The molecule has 12 nitrogen and oxygen atoms in total. The lowest BCUT2D eigenvalue weighted by Gasteiger charge is -2.44. The van der Waals surface area contributed by atoms with Gasteiger partial charge in [0, 0.05) is 115 Å². The Labute approximate surface area is 358 Å². The molecule has 9 rings (SSSR count). The van der Waals surface area contributed by atoms with Crippen LogP contribution in [0.25, 0.3) is 10.9 Å². The van der Waals surface area contributed by atoms with Crippen LogP contribution in [0, 0.1) is 11.3 Å². The molecule has 12 heteroatoms. The molecule has 3 fully saturated rings. The molecule has 0 saturated carbocycles. The van der Waals surface area contributed by atoms with Gasteiger partial charge in [-0.3, -0.25) is 29.4 Å². The lowest BCUT2D eigenvalue weighted by molar-refractivity contribution is -0.136. The lowest BCUT2D eigenvalue weighted by atomic mass is 9.70. The summed E-state index contributed by atoms with van der Waals surface area (Å²) in [6.45, 7) is 15.5. The normalized spacial score (nSPS) is 20.7. The van der Waals surface area contributed by atoms with Gasteiger partial charge in [0.2, 0.25) is 11.8 Å². The van der Waals surface area contributed by atoms with E-state index in [-0.39, 0.29) is 35.3 Å². The fourth-order valence-electron chi connectivity index (χ4n) is 10.8. The number of nitrogens with one attached hydrogen (secondary N) is 3. The highest BCUT2D eigenvalue weighted by Gasteiger charge is 2.42. The van der Waals surface area contributed by atoms with Crippen molar-refractivity contribution >= 4 is 45.8 Å². The zero-order valence-corrected chi connectivity index (χ0v) is 35.9. The number of hydrogen-bond acceptors (Lipinski definition) is 9. The van der Waals surface area contributed by atoms with Crippen LogP contribution in [0.5, 0.6) is 0 Å². The largest absolute Gasteiger partial charge is 0.385 e. The molecule has 1 aromatic heterocycles. The van der Waals surface area contributed by atoms with Crippen molar-refractivity contribution in [2.24, 2.45) is 0 Å². The Morgan fingerprint density at radius 2 is 1.67 bits per heavy atom. The van der Waals surface area contributed by atoms with E-state index in [0.717, 1.165) is 129 Å². The summed E-state index contributed by atoms with van der Waals surface area (Å²) in [7, 11) is 0. The quantitative estimate of drug-likeness (QED) is 0.108. The molecule has 5 heterocycles. The first kappa shape index (κ1) is 40.9. The molecule has 0 spiro atoms. The Bertz CT molecular complexity index is 2430. The first-order valence-electron chi connectivity index (χ1n) is 22.6. The minimum Gasteiger partial charge on any atom is -0.385 e. The van der Waals surface area contributed by atoms with Crippen molar-refractivity contribution in [1.82, 2.24) is 25.0 Å². The number of aryl methyl sites for hydroxylation is 1. The predicted molar refractivity (Wildman–Crippen MR) is 237 cm³/mol.